The van der Waals surface area contributed by atoms with Crippen molar-refractivity contribution in [3.8, 4) is 5.75 Å². The molecule has 0 amide bonds. The molecule has 6 heteroatoms. The maximum atomic E-state index is 11.3. The molecule has 1 aromatic heterocycles. The molecule has 1 heterocycles. The molecule has 1 aromatic carbocycles. The Morgan fingerprint density at radius 3 is 2.78 bits per heavy atom. The van der Waals surface area contributed by atoms with E-state index in [-0.39, 0.29) is 0 Å². The molecule has 0 radical (unpaired) electrons. The summed E-state index contributed by atoms with van der Waals surface area (Å²) >= 11 is 0.956. The van der Waals surface area contributed by atoms with Gasteiger partial charge in [0.05, 0.1) is 17.2 Å². The van der Waals surface area contributed by atoms with E-state index in [4.69, 9.17) is 9.15 Å². The first-order valence-electron chi connectivity index (χ1n) is 5.42. The zero-order valence-electron chi connectivity index (χ0n) is 9.56. The maximum absolute atomic E-state index is 11.3. The number of carboxylic acid groups (broad SMARTS) is 1. The van der Waals surface area contributed by atoms with E-state index in [1.54, 1.807) is 12.1 Å². The topological polar surface area (TPSA) is 76.7 Å². The summed E-state index contributed by atoms with van der Waals surface area (Å²) in [6, 6.07) is 3.37. The van der Waals surface area contributed by atoms with Gasteiger partial charge in [0.2, 0.25) is 0 Å². The van der Waals surface area contributed by atoms with E-state index in [0.717, 1.165) is 11.3 Å². The number of benzene rings is 1. The van der Waals surface area contributed by atoms with Crippen molar-refractivity contribution in [3.05, 3.63) is 27.4 Å². The smallest absolute Gasteiger partial charge is 0.396 e. The van der Waals surface area contributed by atoms with Crippen LogP contribution in [0.25, 0.3) is 10.3 Å². The molecule has 0 spiro atoms. The Morgan fingerprint density at radius 1 is 1.50 bits per heavy atom. The van der Waals surface area contributed by atoms with Gasteiger partial charge in [-0.05, 0) is 30.5 Å². The van der Waals surface area contributed by atoms with Crippen molar-refractivity contribution in [1.82, 2.24) is 0 Å². The monoisotopic (exact) mass is 266 g/mol. The molecule has 0 aliphatic heterocycles. The maximum Gasteiger partial charge on any atom is 0.396 e. The van der Waals surface area contributed by atoms with Crippen LogP contribution < -0.4 is 9.68 Å². The summed E-state index contributed by atoms with van der Waals surface area (Å²) < 4.78 is 10.8. The van der Waals surface area contributed by atoms with Crippen LogP contribution in [-0.4, -0.2) is 18.2 Å². The molecule has 3 rings (SSSR count). The summed E-state index contributed by atoms with van der Waals surface area (Å²) in [6.07, 6.45) is 1.23. The number of fused-ring (bicyclic) bond motifs is 1. The molecule has 0 saturated heterocycles. The molecule has 1 aliphatic carbocycles. The van der Waals surface area contributed by atoms with Gasteiger partial charge in [0.1, 0.15) is 0 Å². The predicted octanol–water partition coefficient (Wildman–Crippen LogP) is 1.98. The Kier molecular flexibility index (Phi) is 2.25. The van der Waals surface area contributed by atoms with Crippen LogP contribution in [0.15, 0.2) is 21.3 Å². The molecular weight excluding hydrogens is 256 g/mol. The highest BCUT2D eigenvalue weighted by Gasteiger charge is 2.52. The largest absolute Gasteiger partial charge is 0.493 e. The lowest BCUT2D eigenvalue weighted by atomic mass is 9.96. The molecule has 5 nitrogen and oxygen atoms in total. The van der Waals surface area contributed by atoms with Gasteiger partial charge >= 0.3 is 10.9 Å². The van der Waals surface area contributed by atoms with Crippen molar-refractivity contribution in [1.29, 1.82) is 0 Å². The third-order valence-corrected chi connectivity index (χ3v) is 4.10. The summed E-state index contributed by atoms with van der Waals surface area (Å²) in [7, 11) is 1.47. The van der Waals surface area contributed by atoms with Crippen molar-refractivity contribution >= 4 is 27.6 Å². The Balaban J connectivity index is 2.26. The van der Waals surface area contributed by atoms with Gasteiger partial charge in [0.25, 0.3) is 0 Å². The van der Waals surface area contributed by atoms with E-state index >= 15 is 0 Å². The molecule has 2 aromatic rings. The lowest BCUT2D eigenvalue weighted by Gasteiger charge is -2.11. The van der Waals surface area contributed by atoms with Crippen LogP contribution in [0.3, 0.4) is 0 Å². The van der Waals surface area contributed by atoms with Gasteiger partial charge < -0.3 is 14.3 Å². The third kappa shape index (κ3) is 1.45. The Labute approximate surface area is 106 Å². The minimum atomic E-state index is -0.834. The number of carbonyl (C=O) groups is 1. The average molecular weight is 266 g/mol. The second-order valence-corrected chi connectivity index (χ2v) is 5.32. The van der Waals surface area contributed by atoms with Crippen LogP contribution >= 0.6 is 11.3 Å². The number of hydrogen-bond acceptors (Lipinski definition) is 5. The van der Waals surface area contributed by atoms with Gasteiger partial charge in [-0.2, -0.15) is 0 Å². The second kappa shape index (κ2) is 3.58. The van der Waals surface area contributed by atoms with Crippen LogP contribution in [-0.2, 0) is 10.2 Å². The quantitative estimate of drug-likeness (QED) is 0.919. The molecule has 0 bridgehead atoms. The van der Waals surface area contributed by atoms with Gasteiger partial charge in [-0.3, -0.25) is 4.79 Å². The van der Waals surface area contributed by atoms with E-state index in [1.807, 2.05) is 0 Å². The lowest BCUT2D eigenvalue weighted by Crippen LogP contribution is -2.19. The van der Waals surface area contributed by atoms with Crippen LogP contribution in [0.1, 0.15) is 18.4 Å². The highest BCUT2D eigenvalue weighted by atomic mass is 32.1. The summed E-state index contributed by atoms with van der Waals surface area (Å²) in [5, 5.41) is 9.28. The fourth-order valence-electron chi connectivity index (χ4n) is 2.13. The molecule has 0 atom stereocenters. The van der Waals surface area contributed by atoms with Crippen LogP contribution in [0, 0.1) is 0 Å². The molecule has 94 valence electrons. The number of carboxylic acids is 1. The van der Waals surface area contributed by atoms with Crippen LogP contribution in [0.2, 0.25) is 0 Å². The zero-order valence-corrected chi connectivity index (χ0v) is 10.4. The number of methoxy groups -OCH3 is 1. The molecule has 1 saturated carbocycles. The van der Waals surface area contributed by atoms with Gasteiger partial charge in [0.15, 0.2) is 11.3 Å². The summed E-state index contributed by atoms with van der Waals surface area (Å²) in [5.41, 5.74) is 0.253. The standard InChI is InChI=1S/C12H10O5S/c1-16-7-4-6(12(2-3-12)10(13)14)5-8-9(7)17-11(15)18-8/h4-5H,2-3H2,1H3,(H,13,14). The summed E-state index contributed by atoms with van der Waals surface area (Å²) in [6.45, 7) is 0. The third-order valence-electron chi connectivity index (χ3n) is 3.33. The van der Waals surface area contributed by atoms with E-state index in [1.165, 1.54) is 7.11 Å². The zero-order chi connectivity index (χ0) is 12.9. The van der Waals surface area contributed by atoms with Gasteiger partial charge in [-0.25, -0.2) is 4.79 Å². The number of rotatable bonds is 3. The number of aliphatic carboxylic acids is 1. The number of hydrogen-bond donors (Lipinski definition) is 1. The molecule has 18 heavy (non-hydrogen) atoms. The van der Waals surface area contributed by atoms with E-state index in [9.17, 15) is 14.7 Å². The molecule has 0 unspecified atom stereocenters. The normalized spacial score (nSPS) is 16.7. The molecule has 1 aliphatic rings. The SMILES string of the molecule is COc1cc(C2(C(=O)O)CC2)cc2sc(=O)oc12. The first-order valence-corrected chi connectivity index (χ1v) is 6.24. The molecule has 1 N–H and O–H groups in total. The van der Waals surface area contributed by atoms with Crippen LogP contribution in [0.4, 0.5) is 0 Å². The van der Waals surface area contributed by atoms with Crippen LogP contribution in [0.5, 0.6) is 5.75 Å². The minimum absolute atomic E-state index is 0.387. The van der Waals surface area contributed by atoms with Crippen molar-refractivity contribution < 1.29 is 19.1 Å². The lowest BCUT2D eigenvalue weighted by molar-refractivity contribution is -0.140. The summed E-state index contributed by atoms with van der Waals surface area (Å²) in [5.74, 6) is -0.423. The van der Waals surface area contributed by atoms with Crippen molar-refractivity contribution in [2.45, 2.75) is 18.3 Å². The Hall–Kier alpha value is -1.82. The van der Waals surface area contributed by atoms with Gasteiger partial charge in [-0.1, -0.05) is 11.3 Å². The van der Waals surface area contributed by atoms with E-state index < -0.39 is 16.3 Å². The predicted molar refractivity (Wildman–Crippen MR) is 65.5 cm³/mol. The van der Waals surface area contributed by atoms with Crippen molar-refractivity contribution in [3.63, 3.8) is 0 Å². The summed E-state index contributed by atoms with van der Waals surface area (Å²) in [4.78, 5) is 22.1. The second-order valence-electron chi connectivity index (χ2n) is 4.35. The van der Waals surface area contributed by atoms with Gasteiger partial charge in [0, 0.05) is 0 Å². The number of ether oxygens (including phenoxy) is 1. The Morgan fingerprint density at radius 2 is 2.22 bits per heavy atom. The Bertz CT molecular complexity index is 692. The van der Waals surface area contributed by atoms with Gasteiger partial charge in [-0.15, -0.1) is 0 Å². The fraction of sp³-hybridized carbons (Fsp3) is 0.333. The molecular formula is C12H10O5S. The average Bonchev–Trinajstić information content (AvgIpc) is 3.05. The van der Waals surface area contributed by atoms with E-state index in [2.05, 4.69) is 0 Å². The highest BCUT2D eigenvalue weighted by molar-refractivity contribution is 7.16. The minimum Gasteiger partial charge on any atom is -0.493 e. The first-order chi connectivity index (χ1) is 8.56. The first kappa shape index (κ1) is 11.3. The van der Waals surface area contributed by atoms with Crippen molar-refractivity contribution in [2.75, 3.05) is 7.11 Å². The fourth-order valence-corrected chi connectivity index (χ4v) is 2.85. The molecule has 1 fully saturated rings. The highest BCUT2D eigenvalue weighted by Crippen LogP contribution is 2.50. The van der Waals surface area contributed by atoms with Crippen molar-refractivity contribution in [2.24, 2.45) is 0 Å². The van der Waals surface area contributed by atoms with E-state index in [0.29, 0.717) is 34.4 Å².